The first kappa shape index (κ1) is 24.3. The molecule has 2 atom stereocenters. The predicted octanol–water partition coefficient (Wildman–Crippen LogP) is 0.961. The number of anilines is 1. The number of H-pyrrole nitrogens is 1. The minimum absolute atomic E-state index is 0.0458. The molecule has 33 heavy (non-hydrogen) atoms. The van der Waals surface area contributed by atoms with Crippen molar-refractivity contribution in [2.45, 2.75) is 31.3 Å². The van der Waals surface area contributed by atoms with Gasteiger partial charge in [0, 0.05) is 11.5 Å². The largest absolute Gasteiger partial charge is 0.343 e. The number of benzene rings is 2. The molecule has 3 rings (SSSR count). The summed E-state index contributed by atoms with van der Waals surface area (Å²) in [6.07, 6.45) is 3.16. The molecule has 1 heterocycles. The summed E-state index contributed by atoms with van der Waals surface area (Å²) in [5.41, 5.74) is 20.1. The van der Waals surface area contributed by atoms with Gasteiger partial charge in [-0.05, 0) is 56.0 Å². The molecule has 174 valence electrons. The summed E-state index contributed by atoms with van der Waals surface area (Å²) in [4.78, 5) is 29.1. The molecule has 0 aliphatic rings. The summed E-state index contributed by atoms with van der Waals surface area (Å²) in [6, 6.07) is 18.0. The van der Waals surface area contributed by atoms with Crippen molar-refractivity contribution in [1.82, 2.24) is 5.32 Å². The average molecular weight is 450 g/mol. The minimum Gasteiger partial charge on any atom is -0.343 e. The molecule has 8 heteroatoms. The van der Waals surface area contributed by atoms with Gasteiger partial charge in [-0.15, -0.1) is 0 Å². The number of aryl methyl sites for hydroxylation is 1. The minimum atomic E-state index is -0.789. The average Bonchev–Trinajstić information content (AvgIpc) is 2.85. The molecular formula is C25H33N6O2+. The van der Waals surface area contributed by atoms with Crippen LogP contribution in [0, 0.1) is 5.92 Å². The van der Waals surface area contributed by atoms with Gasteiger partial charge in [0.25, 0.3) is 0 Å². The highest BCUT2D eigenvalue weighted by Crippen LogP contribution is 2.15. The first-order valence-corrected chi connectivity index (χ1v) is 11.2. The molecule has 3 aromatic rings. The maximum Gasteiger partial charge on any atom is 0.247 e. The number of pyridine rings is 1. The van der Waals surface area contributed by atoms with Crippen molar-refractivity contribution in [2.75, 3.05) is 18.4 Å². The number of rotatable bonds is 11. The summed E-state index contributed by atoms with van der Waals surface area (Å²) in [7, 11) is 0. The van der Waals surface area contributed by atoms with Crippen molar-refractivity contribution in [2.24, 2.45) is 23.1 Å². The fraction of sp³-hybridized carbons (Fsp3) is 0.320. The molecule has 9 N–H and O–H groups in total. The first-order chi connectivity index (χ1) is 16.0. The molecule has 0 bridgehead atoms. The predicted molar refractivity (Wildman–Crippen MR) is 130 cm³/mol. The molecule has 2 amide bonds. The van der Waals surface area contributed by atoms with Crippen molar-refractivity contribution in [1.29, 1.82) is 0 Å². The smallest absolute Gasteiger partial charge is 0.247 e. The number of amides is 2. The Morgan fingerprint density at radius 1 is 0.939 bits per heavy atom. The van der Waals surface area contributed by atoms with Gasteiger partial charge < -0.3 is 27.8 Å². The van der Waals surface area contributed by atoms with Crippen molar-refractivity contribution >= 4 is 28.4 Å². The third-order valence-electron chi connectivity index (χ3n) is 5.71. The number of aromatic nitrogens is 1. The van der Waals surface area contributed by atoms with Gasteiger partial charge in [-0.2, -0.15) is 0 Å². The number of para-hydroxylation sites is 1. The van der Waals surface area contributed by atoms with Crippen LogP contribution in [0.5, 0.6) is 0 Å². The maximum absolute atomic E-state index is 13.1. The van der Waals surface area contributed by atoms with E-state index in [4.69, 9.17) is 17.2 Å². The molecule has 0 saturated heterocycles. The van der Waals surface area contributed by atoms with E-state index in [9.17, 15) is 9.59 Å². The normalized spacial score (nSPS) is 13.0. The van der Waals surface area contributed by atoms with Gasteiger partial charge in [0.05, 0.1) is 6.04 Å². The second kappa shape index (κ2) is 12.1. The third-order valence-corrected chi connectivity index (χ3v) is 5.71. The number of nitrogens with two attached hydrogens (primary N) is 3. The number of hydrogen-bond donors (Lipinski definition) is 5. The molecule has 0 radical (unpaired) electrons. The highest BCUT2D eigenvalue weighted by Gasteiger charge is 2.25. The Morgan fingerprint density at radius 2 is 1.64 bits per heavy atom. The van der Waals surface area contributed by atoms with Crippen LogP contribution in [-0.4, -0.2) is 37.0 Å². The molecule has 0 aliphatic carbocycles. The van der Waals surface area contributed by atoms with Gasteiger partial charge in [-0.25, -0.2) is 4.98 Å². The molecule has 0 aliphatic heterocycles. The second-order valence-electron chi connectivity index (χ2n) is 8.23. The van der Waals surface area contributed by atoms with Crippen molar-refractivity contribution in [3.05, 3.63) is 72.4 Å². The van der Waals surface area contributed by atoms with Crippen LogP contribution >= 0.6 is 0 Å². The lowest BCUT2D eigenvalue weighted by Gasteiger charge is -2.22. The lowest BCUT2D eigenvalue weighted by atomic mass is 9.99. The van der Waals surface area contributed by atoms with Gasteiger partial charge in [-0.1, -0.05) is 42.5 Å². The van der Waals surface area contributed by atoms with E-state index in [0.717, 1.165) is 16.5 Å². The SMILES string of the molecule is NCC(CN)C[C@H](N)C(=O)N[C@H](CCc1ccccc1)C(=O)Nc1c[nH+]c2ccccc2c1. The van der Waals surface area contributed by atoms with E-state index in [2.05, 4.69) is 15.6 Å². The quantitative estimate of drug-likeness (QED) is 0.295. The van der Waals surface area contributed by atoms with Crippen LogP contribution in [-0.2, 0) is 16.0 Å². The maximum atomic E-state index is 13.1. The molecule has 0 spiro atoms. The van der Waals surface area contributed by atoms with Gasteiger partial charge in [0.15, 0.2) is 6.20 Å². The molecule has 2 aromatic carbocycles. The third kappa shape index (κ3) is 7.08. The zero-order valence-corrected chi connectivity index (χ0v) is 18.7. The van der Waals surface area contributed by atoms with Crippen LogP contribution in [0.25, 0.3) is 10.9 Å². The Kier molecular flexibility index (Phi) is 8.88. The van der Waals surface area contributed by atoms with E-state index in [0.29, 0.717) is 38.0 Å². The van der Waals surface area contributed by atoms with Crippen molar-refractivity contribution in [3.63, 3.8) is 0 Å². The Hall–Kier alpha value is -3.33. The Morgan fingerprint density at radius 3 is 2.36 bits per heavy atom. The van der Waals surface area contributed by atoms with E-state index < -0.39 is 12.1 Å². The fourth-order valence-electron chi connectivity index (χ4n) is 3.68. The lowest BCUT2D eigenvalue weighted by Crippen LogP contribution is -2.51. The van der Waals surface area contributed by atoms with E-state index in [1.165, 1.54) is 0 Å². The second-order valence-corrected chi connectivity index (χ2v) is 8.23. The van der Waals surface area contributed by atoms with Gasteiger partial charge in [0.2, 0.25) is 17.3 Å². The summed E-state index contributed by atoms with van der Waals surface area (Å²) >= 11 is 0. The van der Waals surface area contributed by atoms with Crippen LogP contribution in [0.2, 0.25) is 0 Å². The lowest BCUT2D eigenvalue weighted by molar-refractivity contribution is -0.343. The molecule has 1 aromatic heterocycles. The zero-order chi connectivity index (χ0) is 23.6. The summed E-state index contributed by atoms with van der Waals surface area (Å²) in [6.45, 7) is 0.710. The van der Waals surface area contributed by atoms with Crippen LogP contribution in [0.15, 0.2) is 66.9 Å². The van der Waals surface area contributed by atoms with Gasteiger partial charge in [-0.3, -0.25) is 9.59 Å². The Labute approximate surface area is 193 Å². The highest BCUT2D eigenvalue weighted by atomic mass is 16.2. The van der Waals surface area contributed by atoms with E-state index >= 15 is 0 Å². The number of hydrogen-bond acceptors (Lipinski definition) is 5. The Balaban J connectivity index is 1.71. The number of nitrogens with one attached hydrogen (secondary N) is 3. The first-order valence-electron chi connectivity index (χ1n) is 11.2. The van der Waals surface area contributed by atoms with Gasteiger partial charge >= 0.3 is 0 Å². The van der Waals surface area contributed by atoms with E-state index in [1.807, 2.05) is 60.7 Å². The Bertz CT molecular complexity index is 1050. The van der Waals surface area contributed by atoms with Crippen molar-refractivity contribution < 1.29 is 14.6 Å². The molecule has 0 unspecified atom stereocenters. The molecular weight excluding hydrogens is 416 g/mol. The molecule has 8 nitrogen and oxygen atoms in total. The zero-order valence-electron chi connectivity index (χ0n) is 18.7. The topological polar surface area (TPSA) is 150 Å². The van der Waals surface area contributed by atoms with Crippen molar-refractivity contribution in [3.8, 4) is 0 Å². The number of aromatic amines is 1. The van der Waals surface area contributed by atoms with Crippen LogP contribution in [0.1, 0.15) is 18.4 Å². The van der Waals surface area contributed by atoms with Crippen LogP contribution in [0.3, 0.4) is 0 Å². The number of carbonyl (C=O) groups is 2. The van der Waals surface area contributed by atoms with Crippen LogP contribution in [0.4, 0.5) is 5.69 Å². The molecule has 0 fully saturated rings. The number of carbonyl (C=O) groups excluding carboxylic acids is 2. The highest BCUT2D eigenvalue weighted by molar-refractivity contribution is 5.98. The number of fused-ring (bicyclic) bond motifs is 1. The van der Waals surface area contributed by atoms with Gasteiger partial charge in [0.1, 0.15) is 11.7 Å². The van der Waals surface area contributed by atoms with E-state index in [1.54, 1.807) is 6.20 Å². The standard InChI is InChI=1S/C25H32N6O2/c26-14-18(15-27)12-21(28)24(32)31-23(11-10-17-6-2-1-3-7-17)25(33)30-20-13-19-8-4-5-9-22(19)29-16-20/h1-9,13,16,18,21,23H,10-12,14-15,26-28H2,(H,30,33)(H,31,32)/p+1/t21-,23+/m0/s1. The monoisotopic (exact) mass is 449 g/mol. The summed E-state index contributed by atoms with van der Waals surface area (Å²) in [5, 5.41) is 6.71. The summed E-state index contributed by atoms with van der Waals surface area (Å²) < 4.78 is 0. The fourth-order valence-corrected chi connectivity index (χ4v) is 3.68. The molecule has 0 saturated carbocycles. The summed E-state index contributed by atoms with van der Waals surface area (Å²) in [5.74, 6) is -0.736. The van der Waals surface area contributed by atoms with E-state index in [-0.39, 0.29) is 17.7 Å². The van der Waals surface area contributed by atoms with Crippen LogP contribution < -0.4 is 32.8 Å².